The molecular weight excluding hydrogens is 468 g/mol. The zero-order chi connectivity index (χ0) is 25.9. The van der Waals surface area contributed by atoms with E-state index in [1.54, 1.807) is 0 Å². The Morgan fingerprint density at radius 1 is 0.711 bits per heavy atom. The summed E-state index contributed by atoms with van der Waals surface area (Å²) in [4.78, 5) is 14.5. The molecule has 0 bridgehead atoms. The summed E-state index contributed by atoms with van der Waals surface area (Å²) in [6, 6.07) is 32.2. The van der Waals surface area contributed by atoms with E-state index >= 15 is 0 Å². The fourth-order valence-electron chi connectivity index (χ4n) is 5.26. The van der Waals surface area contributed by atoms with Gasteiger partial charge in [-0.2, -0.15) is 5.10 Å². The molecule has 3 aromatic carbocycles. The molecule has 1 saturated heterocycles. The molecule has 6 nitrogen and oxygen atoms in total. The largest absolute Gasteiger partial charge is 0.338 e. The normalized spacial score (nSPS) is 14.2. The van der Waals surface area contributed by atoms with E-state index in [1.807, 2.05) is 23.9 Å². The van der Waals surface area contributed by atoms with Gasteiger partial charge in [0.1, 0.15) is 0 Å². The van der Waals surface area contributed by atoms with Gasteiger partial charge in [-0.05, 0) is 43.2 Å². The van der Waals surface area contributed by atoms with Gasteiger partial charge in [0.15, 0.2) is 0 Å². The van der Waals surface area contributed by atoms with Gasteiger partial charge in [-0.15, -0.1) is 0 Å². The predicted octanol–water partition coefficient (Wildman–Crippen LogP) is 5.86. The molecule has 0 N–H and O–H groups in total. The van der Waals surface area contributed by atoms with Crippen LogP contribution >= 0.6 is 0 Å². The quantitative estimate of drug-likeness (QED) is 0.292. The molecule has 190 valence electrons. The van der Waals surface area contributed by atoms with Crippen LogP contribution in [0.3, 0.4) is 0 Å². The molecule has 38 heavy (non-hydrogen) atoms. The van der Waals surface area contributed by atoms with Crippen molar-refractivity contribution in [1.82, 2.24) is 24.6 Å². The Bertz CT molecular complexity index is 1450. The van der Waals surface area contributed by atoms with Crippen LogP contribution in [0.2, 0.25) is 0 Å². The van der Waals surface area contributed by atoms with Crippen LogP contribution in [0.5, 0.6) is 0 Å². The van der Waals surface area contributed by atoms with Gasteiger partial charge in [0.25, 0.3) is 0 Å². The van der Waals surface area contributed by atoms with Crippen LogP contribution in [-0.2, 0) is 0 Å². The van der Waals surface area contributed by atoms with Crippen molar-refractivity contribution < 1.29 is 0 Å². The summed E-state index contributed by atoms with van der Waals surface area (Å²) in [7, 11) is 0. The monoisotopic (exact) mass is 500 g/mol. The third kappa shape index (κ3) is 4.95. The smallest absolute Gasteiger partial charge is 0.225 e. The second kappa shape index (κ2) is 10.6. The van der Waals surface area contributed by atoms with Crippen LogP contribution in [0.25, 0.3) is 16.9 Å². The third-order valence-corrected chi connectivity index (χ3v) is 7.31. The predicted molar refractivity (Wildman–Crippen MR) is 153 cm³/mol. The van der Waals surface area contributed by atoms with E-state index in [0.29, 0.717) is 0 Å². The summed E-state index contributed by atoms with van der Waals surface area (Å²) >= 11 is 0. The molecule has 0 saturated carbocycles. The number of piperazine rings is 1. The molecule has 0 radical (unpaired) electrons. The van der Waals surface area contributed by atoms with Gasteiger partial charge >= 0.3 is 0 Å². The van der Waals surface area contributed by atoms with Gasteiger partial charge < -0.3 is 4.90 Å². The lowest BCUT2D eigenvalue weighted by atomic mass is 9.96. The molecule has 1 aliphatic rings. The molecule has 5 aromatic rings. The minimum absolute atomic E-state index is 0.238. The standard InChI is InChI=1S/C32H32N6/c1-24-13-15-28(16-14-24)38-23-29(25(2)35-38)30-17-18-33-32(34-30)37-21-19-36(20-22-37)31(26-9-5-3-6-10-26)27-11-7-4-8-12-27/h3-18,23,31H,19-22H2,1-2H3. The molecule has 6 rings (SSSR count). The number of benzene rings is 3. The van der Waals surface area contributed by atoms with Crippen LogP contribution in [0.15, 0.2) is 103 Å². The van der Waals surface area contributed by atoms with Gasteiger partial charge in [-0.3, -0.25) is 4.90 Å². The molecular formula is C32H32N6. The van der Waals surface area contributed by atoms with Crippen molar-refractivity contribution in [3.63, 3.8) is 0 Å². The number of hydrogen-bond donors (Lipinski definition) is 0. The second-order valence-electron chi connectivity index (χ2n) is 9.90. The number of nitrogens with zero attached hydrogens (tertiary/aromatic N) is 6. The van der Waals surface area contributed by atoms with Crippen LogP contribution in [0.4, 0.5) is 5.95 Å². The van der Waals surface area contributed by atoms with Crippen molar-refractivity contribution in [3.8, 4) is 16.9 Å². The summed E-state index contributed by atoms with van der Waals surface area (Å²) in [6.45, 7) is 7.75. The first-order valence-corrected chi connectivity index (χ1v) is 13.2. The van der Waals surface area contributed by atoms with Gasteiger partial charge in [-0.1, -0.05) is 78.4 Å². The highest BCUT2D eigenvalue weighted by Gasteiger charge is 2.27. The summed E-state index contributed by atoms with van der Waals surface area (Å²) in [5.74, 6) is 0.778. The Balaban J connectivity index is 1.21. The molecule has 2 aromatic heterocycles. The topological polar surface area (TPSA) is 50.1 Å². The Labute approximate surface area is 224 Å². The van der Waals surface area contributed by atoms with Crippen molar-refractivity contribution in [2.75, 3.05) is 31.1 Å². The maximum atomic E-state index is 4.98. The lowest BCUT2D eigenvalue weighted by Gasteiger charge is -2.39. The zero-order valence-corrected chi connectivity index (χ0v) is 21.9. The number of aryl methyl sites for hydroxylation is 2. The van der Waals surface area contributed by atoms with Gasteiger partial charge in [-0.25, -0.2) is 14.6 Å². The lowest BCUT2D eigenvalue weighted by molar-refractivity contribution is 0.211. The second-order valence-corrected chi connectivity index (χ2v) is 9.90. The van der Waals surface area contributed by atoms with Crippen LogP contribution in [-0.4, -0.2) is 50.8 Å². The summed E-state index contributed by atoms with van der Waals surface area (Å²) in [6.07, 6.45) is 3.93. The van der Waals surface area contributed by atoms with Crippen molar-refractivity contribution >= 4 is 5.95 Å². The molecule has 0 amide bonds. The first-order chi connectivity index (χ1) is 18.7. The maximum Gasteiger partial charge on any atom is 0.225 e. The SMILES string of the molecule is Cc1ccc(-n2cc(-c3ccnc(N4CCN(C(c5ccccc5)c5ccccc5)CC4)n3)c(C)n2)cc1. The van der Waals surface area contributed by atoms with Gasteiger partial charge in [0, 0.05) is 44.1 Å². The Hall–Kier alpha value is -4.29. The molecule has 0 unspecified atom stereocenters. The zero-order valence-electron chi connectivity index (χ0n) is 21.9. The highest BCUT2D eigenvalue weighted by molar-refractivity contribution is 5.62. The van der Waals surface area contributed by atoms with Crippen molar-refractivity contribution in [3.05, 3.63) is 126 Å². The molecule has 3 heterocycles. The number of rotatable bonds is 6. The molecule has 1 fully saturated rings. The summed E-state index contributed by atoms with van der Waals surface area (Å²) in [5, 5.41) is 4.75. The van der Waals surface area contributed by atoms with Gasteiger partial charge in [0.05, 0.1) is 23.1 Å². The van der Waals surface area contributed by atoms with Gasteiger partial charge in [0.2, 0.25) is 5.95 Å². The first kappa shape index (κ1) is 24.1. The van der Waals surface area contributed by atoms with E-state index in [1.165, 1.54) is 16.7 Å². The molecule has 1 aliphatic heterocycles. The Kier molecular flexibility index (Phi) is 6.71. The Morgan fingerprint density at radius 3 is 1.97 bits per heavy atom. The van der Waals surface area contributed by atoms with Crippen LogP contribution < -0.4 is 4.90 Å². The Morgan fingerprint density at radius 2 is 1.34 bits per heavy atom. The first-order valence-electron chi connectivity index (χ1n) is 13.2. The van der Waals surface area contributed by atoms with Crippen molar-refractivity contribution in [2.45, 2.75) is 19.9 Å². The average molecular weight is 501 g/mol. The molecule has 6 heteroatoms. The fraction of sp³-hybridized carbons (Fsp3) is 0.219. The summed E-state index contributed by atoms with van der Waals surface area (Å²) < 4.78 is 1.93. The molecule has 0 atom stereocenters. The number of hydrogen-bond acceptors (Lipinski definition) is 5. The van der Waals surface area contributed by atoms with Crippen LogP contribution in [0.1, 0.15) is 28.4 Å². The van der Waals surface area contributed by atoms with E-state index in [0.717, 1.165) is 54.8 Å². The molecule has 0 aliphatic carbocycles. The van der Waals surface area contributed by atoms with E-state index < -0.39 is 0 Å². The number of anilines is 1. The fourth-order valence-corrected chi connectivity index (χ4v) is 5.26. The van der Waals surface area contributed by atoms with Crippen LogP contribution in [0, 0.1) is 13.8 Å². The van der Waals surface area contributed by atoms with Crippen molar-refractivity contribution in [1.29, 1.82) is 0 Å². The maximum absolute atomic E-state index is 4.98. The van der Waals surface area contributed by atoms with E-state index in [-0.39, 0.29) is 6.04 Å². The van der Waals surface area contributed by atoms with E-state index in [4.69, 9.17) is 10.1 Å². The lowest BCUT2D eigenvalue weighted by Crippen LogP contribution is -2.48. The van der Waals surface area contributed by atoms with E-state index in [9.17, 15) is 0 Å². The highest BCUT2D eigenvalue weighted by Crippen LogP contribution is 2.30. The minimum atomic E-state index is 0.238. The summed E-state index contributed by atoms with van der Waals surface area (Å²) in [5.41, 5.74) is 7.81. The molecule has 0 spiro atoms. The average Bonchev–Trinajstić information content (AvgIpc) is 3.37. The highest BCUT2D eigenvalue weighted by atomic mass is 15.3. The third-order valence-electron chi connectivity index (χ3n) is 7.31. The number of aromatic nitrogens is 4. The van der Waals surface area contributed by atoms with Crippen molar-refractivity contribution in [2.24, 2.45) is 0 Å². The minimum Gasteiger partial charge on any atom is -0.338 e. The van der Waals surface area contributed by atoms with E-state index in [2.05, 4.69) is 113 Å².